The van der Waals surface area contributed by atoms with Crippen molar-refractivity contribution in [1.29, 1.82) is 0 Å². The molecule has 66 valence electrons. The Morgan fingerprint density at radius 1 is 1.33 bits per heavy atom. The molecule has 0 radical (unpaired) electrons. The van der Waals surface area contributed by atoms with E-state index in [0.29, 0.717) is 24.5 Å². The highest BCUT2D eigenvalue weighted by molar-refractivity contribution is 5.32. The maximum absolute atomic E-state index is 12.3. The van der Waals surface area contributed by atoms with E-state index in [4.69, 9.17) is 10.5 Å². The van der Waals surface area contributed by atoms with Crippen LogP contribution in [0.5, 0.6) is 5.75 Å². The second-order valence-electron chi connectivity index (χ2n) is 2.38. The van der Waals surface area contributed by atoms with Gasteiger partial charge < -0.3 is 10.5 Å². The van der Waals surface area contributed by atoms with Gasteiger partial charge in [-0.15, -0.1) is 0 Å². The SMILES string of the molecule is NCCOc1ccccc1CF. The molecule has 3 heteroatoms. The maximum Gasteiger partial charge on any atom is 0.125 e. The first-order chi connectivity index (χ1) is 5.88. The zero-order valence-electron chi connectivity index (χ0n) is 6.79. The number of rotatable bonds is 4. The van der Waals surface area contributed by atoms with Crippen molar-refractivity contribution in [3.05, 3.63) is 29.8 Å². The lowest BCUT2D eigenvalue weighted by atomic mass is 10.2. The van der Waals surface area contributed by atoms with Crippen LogP contribution in [0.15, 0.2) is 24.3 Å². The quantitative estimate of drug-likeness (QED) is 0.741. The highest BCUT2D eigenvalue weighted by atomic mass is 19.1. The Kier molecular flexibility index (Phi) is 3.54. The summed E-state index contributed by atoms with van der Waals surface area (Å²) in [5, 5.41) is 0. The van der Waals surface area contributed by atoms with Crippen molar-refractivity contribution in [2.45, 2.75) is 6.67 Å². The van der Waals surface area contributed by atoms with Crippen LogP contribution in [0.1, 0.15) is 5.56 Å². The van der Waals surface area contributed by atoms with Gasteiger partial charge in [0.1, 0.15) is 19.0 Å². The number of ether oxygens (including phenoxy) is 1. The Morgan fingerprint density at radius 2 is 2.08 bits per heavy atom. The molecule has 0 fully saturated rings. The third-order valence-corrected chi connectivity index (χ3v) is 1.49. The summed E-state index contributed by atoms with van der Waals surface area (Å²) in [4.78, 5) is 0. The van der Waals surface area contributed by atoms with Gasteiger partial charge in [-0.1, -0.05) is 18.2 Å². The fourth-order valence-corrected chi connectivity index (χ4v) is 0.924. The molecule has 0 aliphatic heterocycles. The van der Waals surface area contributed by atoms with Crippen LogP contribution in [0.4, 0.5) is 4.39 Å². The molecule has 0 aliphatic carbocycles. The lowest BCUT2D eigenvalue weighted by Gasteiger charge is -2.07. The van der Waals surface area contributed by atoms with E-state index in [9.17, 15) is 4.39 Å². The van der Waals surface area contributed by atoms with E-state index < -0.39 is 6.67 Å². The molecule has 0 aliphatic rings. The molecule has 1 aromatic carbocycles. The molecule has 0 spiro atoms. The normalized spacial score (nSPS) is 9.83. The van der Waals surface area contributed by atoms with Gasteiger partial charge in [0.25, 0.3) is 0 Å². The second kappa shape index (κ2) is 4.72. The molecule has 0 aromatic heterocycles. The Balaban J connectivity index is 2.68. The summed E-state index contributed by atoms with van der Waals surface area (Å²) >= 11 is 0. The van der Waals surface area contributed by atoms with Gasteiger partial charge in [0.05, 0.1) is 0 Å². The Hall–Kier alpha value is -1.09. The summed E-state index contributed by atoms with van der Waals surface area (Å²) in [5.41, 5.74) is 5.82. The summed E-state index contributed by atoms with van der Waals surface area (Å²) in [5.74, 6) is 0.588. The third-order valence-electron chi connectivity index (χ3n) is 1.49. The molecule has 1 rings (SSSR count). The third kappa shape index (κ3) is 2.20. The van der Waals surface area contributed by atoms with E-state index in [1.165, 1.54) is 0 Å². The standard InChI is InChI=1S/C9H12FNO/c10-7-8-3-1-2-4-9(8)12-6-5-11/h1-4H,5-7,11H2. The first-order valence-electron chi connectivity index (χ1n) is 3.85. The molecule has 2 N–H and O–H groups in total. The van der Waals surface area contributed by atoms with Crippen LogP contribution in [0.2, 0.25) is 0 Å². The summed E-state index contributed by atoms with van der Waals surface area (Å²) < 4.78 is 17.5. The van der Waals surface area contributed by atoms with Gasteiger partial charge in [0, 0.05) is 12.1 Å². The number of hydrogen-bond acceptors (Lipinski definition) is 2. The highest BCUT2D eigenvalue weighted by Gasteiger charge is 2.00. The van der Waals surface area contributed by atoms with E-state index in [-0.39, 0.29) is 0 Å². The van der Waals surface area contributed by atoms with Gasteiger partial charge in [0.15, 0.2) is 0 Å². The van der Waals surface area contributed by atoms with E-state index >= 15 is 0 Å². The zero-order chi connectivity index (χ0) is 8.81. The highest BCUT2D eigenvalue weighted by Crippen LogP contribution is 2.18. The number of alkyl halides is 1. The zero-order valence-corrected chi connectivity index (χ0v) is 6.79. The van der Waals surface area contributed by atoms with E-state index in [0.717, 1.165) is 0 Å². The molecule has 0 bridgehead atoms. The Bertz CT molecular complexity index is 240. The predicted molar refractivity (Wildman–Crippen MR) is 45.8 cm³/mol. The summed E-state index contributed by atoms with van der Waals surface area (Å²) in [6.45, 7) is 0.373. The molecule has 0 saturated carbocycles. The van der Waals surface area contributed by atoms with Crippen LogP contribution in [-0.2, 0) is 6.67 Å². The van der Waals surface area contributed by atoms with Crippen LogP contribution in [0.25, 0.3) is 0 Å². The van der Waals surface area contributed by atoms with Crippen molar-refractivity contribution >= 4 is 0 Å². The smallest absolute Gasteiger partial charge is 0.125 e. The van der Waals surface area contributed by atoms with Crippen molar-refractivity contribution < 1.29 is 9.13 Å². The molecule has 0 amide bonds. The number of para-hydroxylation sites is 1. The van der Waals surface area contributed by atoms with Crippen molar-refractivity contribution in [1.82, 2.24) is 0 Å². The van der Waals surface area contributed by atoms with Crippen LogP contribution in [-0.4, -0.2) is 13.2 Å². The number of benzene rings is 1. The lowest BCUT2D eigenvalue weighted by Crippen LogP contribution is -2.11. The minimum absolute atomic E-state index is 0.428. The van der Waals surface area contributed by atoms with Crippen LogP contribution < -0.4 is 10.5 Å². The van der Waals surface area contributed by atoms with Crippen molar-refractivity contribution in [3.63, 3.8) is 0 Å². The van der Waals surface area contributed by atoms with Crippen LogP contribution in [0, 0.1) is 0 Å². The average Bonchev–Trinajstić information content (AvgIpc) is 2.15. The summed E-state index contributed by atoms with van der Waals surface area (Å²) in [6.07, 6.45) is 0. The average molecular weight is 169 g/mol. The summed E-state index contributed by atoms with van der Waals surface area (Å²) in [6, 6.07) is 7.03. The van der Waals surface area contributed by atoms with Crippen molar-refractivity contribution in [2.24, 2.45) is 5.73 Å². The van der Waals surface area contributed by atoms with Gasteiger partial charge in [-0.25, -0.2) is 4.39 Å². The van der Waals surface area contributed by atoms with E-state index in [1.54, 1.807) is 18.2 Å². The van der Waals surface area contributed by atoms with Gasteiger partial charge in [-0.05, 0) is 6.07 Å². The summed E-state index contributed by atoms with van der Waals surface area (Å²) in [7, 11) is 0. The van der Waals surface area contributed by atoms with Crippen molar-refractivity contribution in [3.8, 4) is 5.75 Å². The number of hydrogen-bond donors (Lipinski definition) is 1. The molecular weight excluding hydrogens is 157 g/mol. The van der Waals surface area contributed by atoms with Crippen LogP contribution in [0.3, 0.4) is 0 Å². The molecule has 0 saturated heterocycles. The number of nitrogens with two attached hydrogens (primary N) is 1. The topological polar surface area (TPSA) is 35.2 Å². The van der Waals surface area contributed by atoms with Crippen molar-refractivity contribution in [2.75, 3.05) is 13.2 Å². The largest absolute Gasteiger partial charge is 0.492 e. The molecule has 2 nitrogen and oxygen atoms in total. The molecular formula is C9H12FNO. The first-order valence-corrected chi connectivity index (χ1v) is 3.85. The Labute approximate surface area is 71.1 Å². The second-order valence-corrected chi connectivity index (χ2v) is 2.38. The van der Waals surface area contributed by atoms with E-state index in [1.807, 2.05) is 6.07 Å². The minimum Gasteiger partial charge on any atom is -0.492 e. The number of halogens is 1. The van der Waals surface area contributed by atoms with Gasteiger partial charge in [0.2, 0.25) is 0 Å². The minimum atomic E-state index is -0.499. The molecule has 12 heavy (non-hydrogen) atoms. The maximum atomic E-state index is 12.3. The van der Waals surface area contributed by atoms with Gasteiger partial charge >= 0.3 is 0 Å². The first kappa shape index (κ1) is 9.00. The molecule has 0 unspecified atom stereocenters. The van der Waals surface area contributed by atoms with Gasteiger partial charge in [-0.3, -0.25) is 0 Å². The lowest BCUT2D eigenvalue weighted by molar-refractivity contribution is 0.319. The van der Waals surface area contributed by atoms with Gasteiger partial charge in [-0.2, -0.15) is 0 Å². The molecule has 1 aromatic rings. The fourth-order valence-electron chi connectivity index (χ4n) is 0.924. The monoisotopic (exact) mass is 169 g/mol. The van der Waals surface area contributed by atoms with Crippen LogP contribution >= 0.6 is 0 Å². The molecule has 0 heterocycles. The molecule has 0 atom stereocenters. The Morgan fingerprint density at radius 3 is 2.75 bits per heavy atom. The predicted octanol–water partition coefficient (Wildman–Crippen LogP) is 1.49. The van der Waals surface area contributed by atoms with E-state index in [2.05, 4.69) is 0 Å². The fraction of sp³-hybridized carbons (Fsp3) is 0.333.